The lowest BCUT2D eigenvalue weighted by molar-refractivity contribution is 0.0950. The molecule has 1 heterocycles. The summed E-state index contributed by atoms with van der Waals surface area (Å²) >= 11 is 0. The fraction of sp³-hybridized carbons (Fsp3) is 0.167. The van der Waals surface area contributed by atoms with E-state index in [1.165, 1.54) is 0 Å². The summed E-state index contributed by atoms with van der Waals surface area (Å²) in [7, 11) is 0. The topological polar surface area (TPSA) is 57.8 Å². The number of imidazole rings is 1. The average Bonchev–Trinajstić information content (AvgIpc) is 2.73. The number of aryl methyl sites for hydroxylation is 1. The highest BCUT2D eigenvalue weighted by Gasteiger charge is 2.04. The Labute approximate surface area is 93.7 Å². The Hall–Kier alpha value is -2.10. The van der Waals surface area contributed by atoms with Crippen LogP contribution in [0.2, 0.25) is 0 Å². The first kappa shape index (κ1) is 10.4. The van der Waals surface area contributed by atoms with E-state index in [0.29, 0.717) is 12.1 Å². The van der Waals surface area contributed by atoms with Crippen LogP contribution >= 0.6 is 0 Å². The third-order valence-electron chi connectivity index (χ3n) is 2.21. The van der Waals surface area contributed by atoms with E-state index in [4.69, 9.17) is 0 Å². The molecule has 1 aromatic carbocycles. The lowest BCUT2D eigenvalue weighted by atomic mass is 10.2. The lowest BCUT2D eigenvalue weighted by Gasteiger charge is -2.02. The van der Waals surface area contributed by atoms with Gasteiger partial charge in [0, 0.05) is 11.8 Å². The molecular weight excluding hydrogens is 202 g/mol. The SMILES string of the molecule is Cc1c[nH]c(CNC(=O)c2ccccc2)n1. The second kappa shape index (κ2) is 4.61. The number of nitrogens with one attached hydrogen (secondary N) is 2. The summed E-state index contributed by atoms with van der Waals surface area (Å²) in [5.41, 5.74) is 1.58. The summed E-state index contributed by atoms with van der Waals surface area (Å²) in [5, 5.41) is 2.80. The molecule has 0 fully saturated rings. The molecule has 1 amide bonds. The van der Waals surface area contributed by atoms with Gasteiger partial charge in [0.2, 0.25) is 0 Å². The molecule has 0 aliphatic heterocycles. The van der Waals surface area contributed by atoms with Crippen molar-refractivity contribution in [2.75, 3.05) is 0 Å². The molecule has 1 aromatic heterocycles. The maximum absolute atomic E-state index is 11.7. The maximum Gasteiger partial charge on any atom is 0.251 e. The molecule has 4 heteroatoms. The number of aromatic amines is 1. The standard InChI is InChI=1S/C12H13N3O/c1-9-7-13-11(15-9)8-14-12(16)10-5-3-2-4-6-10/h2-7H,8H2,1H3,(H,13,15)(H,14,16). The van der Waals surface area contributed by atoms with E-state index in [2.05, 4.69) is 15.3 Å². The van der Waals surface area contributed by atoms with Crippen molar-refractivity contribution >= 4 is 5.91 Å². The Bertz CT molecular complexity index is 476. The first-order valence-electron chi connectivity index (χ1n) is 5.10. The number of nitrogens with zero attached hydrogens (tertiary/aromatic N) is 1. The van der Waals surface area contributed by atoms with Crippen LogP contribution in [-0.4, -0.2) is 15.9 Å². The predicted molar refractivity (Wildman–Crippen MR) is 60.9 cm³/mol. The van der Waals surface area contributed by atoms with Crippen molar-refractivity contribution in [1.82, 2.24) is 15.3 Å². The van der Waals surface area contributed by atoms with Gasteiger partial charge in [0.05, 0.1) is 12.2 Å². The molecule has 16 heavy (non-hydrogen) atoms. The van der Waals surface area contributed by atoms with Crippen molar-refractivity contribution in [3.63, 3.8) is 0 Å². The van der Waals surface area contributed by atoms with Gasteiger partial charge >= 0.3 is 0 Å². The second-order valence-electron chi connectivity index (χ2n) is 3.54. The molecule has 0 radical (unpaired) electrons. The van der Waals surface area contributed by atoms with Crippen molar-refractivity contribution in [1.29, 1.82) is 0 Å². The minimum Gasteiger partial charge on any atom is -0.347 e. The molecule has 2 rings (SSSR count). The van der Waals surface area contributed by atoms with Crippen LogP contribution in [0.15, 0.2) is 36.5 Å². The molecule has 0 unspecified atom stereocenters. The van der Waals surface area contributed by atoms with Gasteiger partial charge in [-0.05, 0) is 19.1 Å². The lowest BCUT2D eigenvalue weighted by Crippen LogP contribution is -2.23. The van der Waals surface area contributed by atoms with Crippen LogP contribution < -0.4 is 5.32 Å². The first-order chi connectivity index (χ1) is 7.75. The van der Waals surface area contributed by atoms with Crippen LogP contribution in [0.1, 0.15) is 21.9 Å². The predicted octanol–water partition coefficient (Wildman–Crippen LogP) is 1.65. The molecule has 2 aromatic rings. The number of amides is 1. The molecule has 0 saturated carbocycles. The Kier molecular flexibility index (Phi) is 3.00. The van der Waals surface area contributed by atoms with E-state index in [1.807, 2.05) is 31.3 Å². The third-order valence-corrected chi connectivity index (χ3v) is 2.21. The molecule has 0 saturated heterocycles. The normalized spacial score (nSPS) is 10.1. The van der Waals surface area contributed by atoms with Gasteiger partial charge in [-0.25, -0.2) is 4.98 Å². The molecule has 0 bridgehead atoms. The summed E-state index contributed by atoms with van der Waals surface area (Å²) in [5.74, 6) is 0.677. The minimum absolute atomic E-state index is 0.0883. The summed E-state index contributed by atoms with van der Waals surface area (Å²) in [6.07, 6.45) is 1.81. The zero-order chi connectivity index (χ0) is 11.4. The van der Waals surface area contributed by atoms with Crippen molar-refractivity contribution in [3.8, 4) is 0 Å². The monoisotopic (exact) mass is 215 g/mol. The minimum atomic E-state index is -0.0883. The van der Waals surface area contributed by atoms with Gasteiger partial charge in [-0.3, -0.25) is 4.79 Å². The quantitative estimate of drug-likeness (QED) is 0.817. The van der Waals surface area contributed by atoms with Crippen LogP contribution in [0.25, 0.3) is 0 Å². The number of rotatable bonds is 3. The maximum atomic E-state index is 11.7. The van der Waals surface area contributed by atoms with E-state index in [1.54, 1.807) is 12.1 Å². The van der Waals surface area contributed by atoms with Gasteiger partial charge in [-0.1, -0.05) is 18.2 Å². The molecule has 0 spiro atoms. The Balaban J connectivity index is 1.94. The number of hydrogen-bond acceptors (Lipinski definition) is 2. The zero-order valence-corrected chi connectivity index (χ0v) is 9.03. The Morgan fingerprint density at radius 3 is 2.75 bits per heavy atom. The smallest absolute Gasteiger partial charge is 0.251 e. The zero-order valence-electron chi connectivity index (χ0n) is 9.03. The van der Waals surface area contributed by atoms with Crippen LogP contribution in [-0.2, 0) is 6.54 Å². The molecule has 0 aliphatic rings. The third kappa shape index (κ3) is 2.48. The second-order valence-corrected chi connectivity index (χ2v) is 3.54. The van der Waals surface area contributed by atoms with Crippen molar-refractivity contribution in [2.45, 2.75) is 13.5 Å². The molecule has 2 N–H and O–H groups in total. The van der Waals surface area contributed by atoms with E-state index in [-0.39, 0.29) is 5.91 Å². The number of aromatic nitrogens is 2. The van der Waals surface area contributed by atoms with Gasteiger partial charge < -0.3 is 10.3 Å². The van der Waals surface area contributed by atoms with E-state index >= 15 is 0 Å². The first-order valence-corrected chi connectivity index (χ1v) is 5.10. The summed E-state index contributed by atoms with van der Waals surface area (Å²) in [6.45, 7) is 2.32. The highest BCUT2D eigenvalue weighted by molar-refractivity contribution is 5.93. The molecule has 4 nitrogen and oxygen atoms in total. The Morgan fingerprint density at radius 1 is 1.38 bits per heavy atom. The number of carbonyl (C=O) groups excluding carboxylic acids is 1. The van der Waals surface area contributed by atoms with Crippen LogP contribution in [0.4, 0.5) is 0 Å². The summed E-state index contributed by atoms with van der Waals surface area (Å²) in [4.78, 5) is 18.9. The Morgan fingerprint density at radius 2 is 2.12 bits per heavy atom. The van der Waals surface area contributed by atoms with Crippen molar-refractivity contribution in [3.05, 3.63) is 53.6 Å². The average molecular weight is 215 g/mol. The molecular formula is C12H13N3O. The van der Waals surface area contributed by atoms with E-state index in [0.717, 1.165) is 11.5 Å². The van der Waals surface area contributed by atoms with Crippen LogP contribution in [0.5, 0.6) is 0 Å². The highest BCUT2D eigenvalue weighted by Crippen LogP contribution is 1.99. The van der Waals surface area contributed by atoms with E-state index < -0.39 is 0 Å². The van der Waals surface area contributed by atoms with Gasteiger partial charge in [0.25, 0.3) is 5.91 Å². The van der Waals surface area contributed by atoms with Crippen LogP contribution in [0, 0.1) is 6.92 Å². The van der Waals surface area contributed by atoms with E-state index in [9.17, 15) is 4.79 Å². The van der Waals surface area contributed by atoms with Crippen molar-refractivity contribution < 1.29 is 4.79 Å². The van der Waals surface area contributed by atoms with Gasteiger partial charge in [-0.15, -0.1) is 0 Å². The van der Waals surface area contributed by atoms with Gasteiger partial charge in [0.15, 0.2) is 0 Å². The highest BCUT2D eigenvalue weighted by atomic mass is 16.1. The van der Waals surface area contributed by atoms with Crippen LogP contribution in [0.3, 0.4) is 0 Å². The number of H-pyrrole nitrogens is 1. The van der Waals surface area contributed by atoms with Gasteiger partial charge in [0.1, 0.15) is 5.82 Å². The van der Waals surface area contributed by atoms with Crippen molar-refractivity contribution in [2.24, 2.45) is 0 Å². The number of benzene rings is 1. The fourth-order valence-electron chi connectivity index (χ4n) is 1.41. The molecule has 0 atom stereocenters. The molecule has 0 aliphatic carbocycles. The van der Waals surface area contributed by atoms with Gasteiger partial charge in [-0.2, -0.15) is 0 Å². The summed E-state index contributed by atoms with van der Waals surface area (Å²) < 4.78 is 0. The number of carbonyl (C=O) groups is 1. The fourth-order valence-corrected chi connectivity index (χ4v) is 1.41. The number of hydrogen-bond donors (Lipinski definition) is 2. The molecule has 82 valence electrons. The summed E-state index contributed by atoms with van der Waals surface area (Å²) in [6, 6.07) is 9.12. The largest absolute Gasteiger partial charge is 0.347 e.